The standard InChI is InChI=1S/C31H40N4O5/c1-3-4-5-6-10-13-30(37)34-21-20-33(23-24(34)2)31(38)28(22-26-11-8-7-9-12-26)32-29(36)19-16-25-14-17-27(18-15-25)35(39)40/h7-9,11-12,14-19,24,28H,3-6,10,13,20-23H2,1-2H3,(H,32,36)/b19-16+/t24-,28-/m0/s1. The van der Waals surface area contributed by atoms with E-state index in [2.05, 4.69) is 12.2 Å². The summed E-state index contributed by atoms with van der Waals surface area (Å²) in [6.45, 7) is 5.45. The van der Waals surface area contributed by atoms with E-state index in [0.29, 0.717) is 38.0 Å². The van der Waals surface area contributed by atoms with Crippen LogP contribution in [0.15, 0.2) is 60.7 Å². The average molecular weight is 549 g/mol. The molecule has 0 bridgehead atoms. The Labute approximate surface area is 236 Å². The van der Waals surface area contributed by atoms with Crippen molar-refractivity contribution in [3.8, 4) is 0 Å². The third-order valence-electron chi connectivity index (χ3n) is 7.18. The number of carbonyl (C=O) groups is 3. The first-order valence-electron chi connectivity index (χ1n) is 14.1. The van der Waals surface area contributed by atoms with Crippen molar-refractivity contribution < 1.29 is 19.3 Å². The number of hydrogen-bond acceptors (Lipinski definition) is 5. The molecule has 0 saturated carbocycles. The Kier molecular flexibility index (Phi) is 11.9. The number of amides is 3. The summed E-state index contributed by atoms with van der Waals surface area (Å²) in [5.41, 5.74) is 1.52. The summed E-state index contributed by atoms with van der Waals surface area (Å²) in [5, 5.41) is 13.7. The van der Waals surface area contributed by atoms with Crippen molar-refractivity contribution in [1.29, 1.82) is 0 Å². The Hall–Kier alpha value is -4.01. The van der Waals surface area contributed by atoms with Gasteiger partial charge in [0.1, 0.15) is 6.04 Å². The zero-order chi connectivity index (χ0) is 28.9. The van der Waals surface area contributed by atoms with Gasteiger partial charge >= 0.3 is 0 Å². The van der Waals surface area contributed by atoms with Crippen molar-refractivity contribution in [2.75, 3.05) is 19.6 Å². The summed E-state index contributed by atoms with van der Waals surface area (Å²) in [7, 11) is 0. The molecule has 1 heterocycles. The second-order valence-corrected chi connectivity index (χ2v) is 10.3. The van der Waals surface area contributed by atoms with Crippen LogP contribution in [0.2, 0.25) is 0 Å². The highest BCUT2D eigenvalue weighted by atomic mass is 16.6. The van der Waals surface area contributed by atoms with E-state index in [9.17, 15) is 24.5 Å². The summed E-state index contributed by atoms with van der Waals surface area (Å²) < 4.78 is 0. The van der Waals surface area contributed by atoms with Gasteiger partial charge in [-0.15, -0.1) is 0 Å². The number of benzene rings is 2. The molecule has 214 valence electrons. The molecule has 1 aliphatic rings. The van der Waals surface area contributed by atoms with Crippen molar-refractivity contribution in [1.82, 2.24) is 15.1 Å². The molecule has 1 N–H and O–H groups in total. The van der Waals surface area contributed by atoms with Crippen molar-refractivity contribution in [3.05, 3.63) is 81.9 Å². The number of carbonyl (C=O) groups excluding carboxylic acids is 3. The van der Waals surface area contributed by atoms with Gasteiger partial charge in [-0.1, -0.05) is 62.9 Å². The molecular weight excluding hydrogens is 508 g/mol. The van der Waals surface area contributed by atoms with Gasteiger partial charge in [0.15, 0.2) is 0 Å². The molecule has 1 fully saturated rings. The minimum Gasteiger partial charge on any atom is -0.340 e. The molecule has 2 aromatic carbocycles. The minimum absolute atomic E-state index is 0.0295. The zero-order valence-electron chi connectivity index (χ0n) is 23.5. The van der Waals surface area contributed by atoms with Crippen LogP contribution in [0.3, 0.4) is 0 Å². The number of rotatable bonds is 13. The Bertz CT molecular complexity index is 1170. The largest absolute Gasteiger partial charge is 0.340 e. The molecule has 2 atom stereocenters. The van der Waals surface area contributed by atoms with Crippen LogP contribution in [0.25, 0.3) is 6.08 Å². The van der Waals surface area contributed by atoms with E-state index < -0.39 is 16.9 Å². The maximum atomic E-state index is 13.6. The molecule has 3 rings (SSSR count). The van der Waals surface area contributed by atoms with Crippen LogP contribution in [-0.2, 0) is 20.8 Å². The lowest BCUT2D eigenvalue weighted by atomic mass is 10.0. The highest BCUT2D eigenvalue weighted by Crippen LogP contribution is 2.16. The molecule has 0 radical (unpaired) electrons. The molecule has 0 aliphatic carbocycles. The third-order valence-corrected chi connectivity index (χ3v) is 7.18. The number of piperazine rings is 1. The summed E-state index contributed by atoms with van der Waals surface area (Å²) >= 11 is 0. The molecule has 3 amide bonds. The average Bonchev–Trinajstić information content (AvgIpc) is 2.95. The lowest BCUT2D eigenvalue weighted by Gasteiger charge is -2.41. The third kappa shape index (κ3) is 9.32. The molecular formula is C31H40N4O5. The highest BCUT2D eigenvalue weighted by Gasteiger charge is 2.33. The predicted octanol–water partition coefficient (Wildman–Crippen LogP) is 4.76. The summed E-state index contributed by atoms with van der Waals surface area (Å²) in [6, 6.07) is 14.5. The van der Waals surface area contributed by atoms with Gasteiger partial charge < -0.3 is 15.1 Å². The molecule has 0 spiro atoms. The fraction of sp³-hybridized carbons (Fsp3) is 0.452. The first kappa shape index (κ1) is 30.5. The Morgan fingerprint density at radius 3 is 2.38 bits per heavy atom. The summed E-state index contributed by atoms with van der Waals surface area (Å²) in [5.74, 6) is -0.473. The second-order valence-electron chi connectivity index (χ2n) is 10.3. The number of non-ortho nitro benzene ring substituents is 1. The maximum Gasteiger partial charge on any atom is 0.269 e. The molecule has 1 aliphatic heterocycles. The van der Waals surface area contributed by atoms with Gasteiger partial charge in [-0.25, -0.2) is 0 Å². The van der Waals surface area contributed by atoms with Gasteiger partial charge in [-0.3, -0.25) is 24.5 Å². The molecule has 1 saturated heterocycles. The fourth-order valence-electron chi connectivity index (χ4n) is 4.92. The van der Waals surface area contributed by atoms with Crippen LogP contribution < -0.4 is 5.32 Å². The Morgan fingerprint density at radius 2 is 1.73 bits per heavy atom. The van der Waals surface area contributed by atoms with E-state index in [1.54, 1.807) is 23.1 Å². The normalized spacial score (nSPS) is 16.1. The highest BCUT2D eigenvalue weighted by molar-refractivity contribution is 5.95. The quantitative estimate of drug-likeness (QED) is 0.168. The smallest absolute Gasteiger partial charge is 0.269 e. The van der Waals surface area contributed by atoms with Crippen molar-refractivity contribution >= 4 is 29.5 Å². The first-order chi connectivity index (χ1) is 19.3. The minimum atomic E-state index is -0.774. The molecule has 9 heteroatoms. The van der Waals surface area contributed by atoms with E-state index in [-0.39, 0.29) is 23.5 Å². The Balaban J connectivity index is 1.62. The van der Waals surface area contributed by atoms with Crippen LogP contribution in [0.4, 0.5) is 5.69 Å². The van der Waals surface area contributed by atoms with Crippen LogP contribution in [-0.4, -0.2) is 64.2 Å². The fourth-order valence-corrected chi connectivity index (χ4v) is 4.92. The second kappa shape index (κ2) is 15.5. The van der Waals surface area contributed by atoms with Crippen LogP contribution in [0.5, 0.6) is 0 Å². The molecule has 40 heavy (non-hydrogen) atoms. The van der Waals surface area contributed by atoms with E-state index in [1.807, 2.05) is 42.2 Å². The van der Waals surface area contributed by atoms with Crippen LogP contribution in [0, 0.1) is 10.1 Å². The van der Waals surface area contributed by atoms with E-state index in [0.717, 1.165) is 24.8 Å². The van der Waals surface area contributed by atoms with Gasteiger partial charge in [0.2, 0.25) is 17.7 Å². The summed E-state index contributed by atoms with van der Waals surface area (Å²) in [4.78, 5) is 53.2. The topological polar surface area (TPSA) is 113 Å². The number of nitrogens with one attached hydrogen (secondary N) is 1. The molecule has 0 aromatic heterocycles. The molecule has 9 nitrogen and oxygen atoms in total. The van der Waals surface area contributed by atoms with E-state index in [4.69, 9.17) is 0 Å². The maximum absolute atomic E-state index is 13.6. The number of nitro groups is 1. The van der Waals surface area contributed by atoms with Gasteiger partial charge in [-0.05, 0) is 42.7 Å². The van der Waals surface area contributed by atoms with E-state index in [1.165, 1.54) is 31.1 Å². The SMILES string of the molecule is CCCCCCCC(=O)N1CCN(C(=O)[C@H](Cc2ccccc2)NC(=O)/C=C/c2ccc([N+](=O)[O-])cc2)C[C@@H]1C. The van der Waals surface area contributed by atoms with Crippen LogP contribution in [0.1, 0.15) is 63.5 Å². The van der Waals surface area contributed by atoms with E-state index >= 15 is 0 Å². The van der Waals surface area contributed by atoms with Gasteiger partial charge in [0.05, 0.1) is 4.92 Å². The first-order valence-corrected chi connectivity index (χ1v) is 14.1. The molecule has 2 aromatic rings. The lowest BCUT2D eigenvalue weighted by Crippen LogP contribution is -2.59. The monoisotopic (exact) mass is 548 g/mol. The van der Waals surface area contributed by atoms with Gasteiger partial charge in [0, 0.05) is 56.7 Å². The van der Waals surface area contributed by atoms with Gasteiger partial charge in [0.25, 0.3) is 5.69 Å². The Morgan fingerprint density at radius 1 is 1.02 bits per heavy atom. The van der Waals surface area contributed by atoms with Crippen LogP contribution >= 0.6 is 0 Å². The van der Waals surface area contributed by atoms with Crippen molar-refractivity contribution in [3.63, 3.8) is 0 Å². The van der Waals surface area contributed by atoms with Gasteiger partial charge in [-0.2, -0.15) is 0 Å². The lowest BCUT2D eigenvalue weighted by molar-refractivity contribution is -0.384. The van der Waals surface area contributed by atoms with Crippen molar-refractivity contribution in [2.45, 2.75) is 70.9 Å². The zero-order valence-corrected chi connectivity index (χ0v) is 23.5. The predicted molar refractivity (Wildman–Crippen MR) is 155 cm³/mol. The molecule has 0 unspecified atom stereocenters. The number of hydrogen-bond donors (Lipinski definition) is 1. The number of unbranched alkanes of at least 4 members (excludes halogenated alkanes) is 4. The van der Waals surface area contributed by atoms with Crippen molar-refractivity contribution in [2.24, 2.45) is 0 Å². The number of nitrogens with zero attached hydrogens (tertiary/aromatic N) is 3. The number of nitro benzene ring substituents is 1. The summed E-state index contributed by atoms with van der Waals surface area (Å²) in [6.07, 6.45) is 9.22.